The normalized spacial score (nSPS) is 19.5. The second kappa shape index (κ2) is 2.97. The number of carbonyl (C=O) groups is 1. The van der Waals surface area contributed by atoms with Crippen LogP contribution in [0.3, 0.4) is 0 Å². The minimum atomic E-state index is -0.421. The third-order valence-electron chi connectivity index (χ3n) is 1.97. The van der Waals surface area contributed by atoms with Crippen LogP contribution in [0.1, 0.15) is 0 Å². The second-order valence-corrected chi connectivity index (χ2v) is 2.91. The van der Waals surface area contributed by atoms with E-state index in [1.807, 2.05) is 24.3 Å². The molecule has 0 radical (unpaired) electrons. The van der Waals surface area contributed by atoms with Gasteiger partial charge in [-0.25, -0.2) is 0 Å². The van der Waals surface area contributed by atoms with Crippen molar-refractivity contribution < 1.29 is 9.53 Å². The van der Waals surface area contributed by atoms with Gasteiger partial charge in [-0.1, -0.05) is 12.1 Å². The molecule has 1 aromatic rings. The number of anilines is 1. The average molecular weight is 178 g/mol. The zero-order chi connectivity index (χ0) is 9.26. The summed E-state index contributed by atoms with van der Waals surface area (Å²) in [5, 5.41) is 3.00. The summed E-state index contributed by atoms with van der Waals surface area (Å²) in [5.74, 6) is 0.370. The Bertz CT molecular complexity index is 338. The van der Waals surface area contributed by atoms with Crippen LogP contribution >= 0.6 is 0 Å². The molecule has 0 aromatic heterocycles. The van der Waals surface area contributed by atoms with E-state index in [1.54, 1.807) is 0 Å². The summed E-state index contributed by atoms with van der Waals surface area (Å²) >= 11 is 0. The molecule has 0 bridgehead atoms. The van der Waals surface area contributed by atoms with Crippen LogP contribution in [0.15, 0.2) is 24.3 Å². The first kappa shape index (κ1) is 7.91. The average Bonchev–Trinajstić information content (AvgIpc) is 2.17. The van der Waals surface area contributed by atoms with E-state index in [2.05, 4.69) is 5.32 Å². The molecule has 1 unspecified atom stereocenters. The summed E-state index contributed by atoms with van der Waals surface area (Å²) in [4.78, 5) is 10.8. The fourth-order valence-electron chi connectivity index (χ4n) is 1.27. The molecule has 68 valence electrons. The molecule has 0 spiro atoms. The van der Waals surface area contributed by atoms with E-state index in [-0.39, 0.29) is 0 Å². The summed E-state index contributed by atoms with van der Waals surface area (Å²) in [6.07, 6.45) is 0. The van der Waals surface area contributed by atoms with E-state index in [1.165, 1.54) is 0 Å². The van der Waals surface area contributed by atoms with Gasteiger partial charge in [-0.05, 0) is 12.1 Å². The smallest absolute Gasteiger partial charge is 0.243 e. The lowest BCUT2D eigenvalue weighted by Crippen LogP contribution is -2.42. The lowest BCUT2D eigenvalue weighted by Gasteiger charge is -2.24. The number of hydrogen-bond acceptors (Lipinski definition) is 3. The molecule has 1 aliphatic rings. The second-order valence-electron chi connectivity index (χ2n) is 2.91. The Hall–Kier alpha value is -1.71. The van der Waals surface area contributed by atoms with Crippen LogP contribution in [0, 0.1) is 0 Å². The van der Waals surface area contributed by atoms with Crippen LogP contribution in [0.5, 0.6) is 5.75 Å². The van der Waals surface area contributed by atoms with Gasteiger partial charge in [0, 0.05) is 0 Å². The van der Waals surface area contributed by atoms with Crippen LogP contribution in [0.25, 0.3) is 0 Å². The number of nitrogens with two attached hydrogens (primary N) is 1. The fraction of sp³-hybridized carbons (Fsp3) is 0.222. The van der Waals surface area contributed by atoms with Crippen LogP contribution in [-0.2, 0) is 4.79 Å². The maximum atomic E-state index is 10.8. The first-order valence-electron chi connectivity index (χ1n) is 4.05. The van der Waals surface area contributed by atoms with Gasteiger partial charge in [-0.2, -0.15) is 0 Å². The van der Waals surface area contributed by atoms with Crippen molar-refractivity contribution in [2.45, 2.75) is 6.04 Å². The number of ether oxygens (including phenoxy) is 1. The van der Waals surface area contributed by atoms with E-state index < -0.39 is 11.9 Å². The number of rotatable bonds is 1. The van der Waals surface area contributed by atoms with Gasteiger partial charge in [0.15, 0.2) is 0 Å². The molecule has 13 heavy (non-hydrogen) atoms. The minimum absolute atomic E-state index is 0.298. The van der Waals surface area contributed by atoms with E-state index in [0.29, 0.717) is 6.61 Å². The molecule has 0 saturated heterocycles. The molecule has 1 aromatic carbocycles. The van der Waals surface area contributed by atoms with Crippen molar-refractivity contribution in [3.05, 3.63) is 24.3 Å². The molecule has 1 amide bonds. The van der Waals surface area contributed by atoms with Gasteiger partial charge in [0.05, 0.1) is 5.69 Å². The lowest BCUT2D eigenvalue weighted by atomic mass is 10.2. The summed E-state index contributed by atoms with van der Waals surface area (Å²) in [6.45, 7) is 0.298. The van der Waals surface area contributed by atoms with Crippen molar-refractivity contribution in [3.63, 3.8) is 0 Å². The maximum Gasteiger partial charge on any atom is 0.243 e. The highest BCUT2D eigenvalue weighted by Crippen LogP contribution is 2.27. The number of amides is 1. The Morgan fingerprint density at radius 3 is 3.08 bits per heavy atom. The van der Waals surface area contributed by atoms with E-state index in [9.17, 15) is 4.79 Å². The number of benzene rings is 1. The van der Waals surface area contributed by atoms with Gasteiger partial charge in [-0.15, -0.1) is 0 Å². The molecule has 1 heterocycles. The molecule has 0 saturated carbocycles. The highest BCUT2D eigenvalue weighted by Gasteiger charge is 2.22. The molecule has 4 heteroatoms. The monoisotopic (exact) mass is 178 g/mol. The zero-order valence-corrected chi connectivity index (χ0v) is 6.99. The Morgan fingerprint density at radius 1 is 1.54 bits per heavy atom. The maximum absolute atomic E-state index is 10.8. The van der Waals surface area contributed by atoms with Crippen LogP contribution < -0.4 is 15.8 Å². The molecular weight excluding hydrogens is 168 g/mol. The van der Waals surface area contributed by atoms with E-state index >= 15 is 0 Å². The third-order valence-corrected chi connectivity index (χ3v) is 1.97. The number of fused-ring (bicyclic) bond motifs is 1. The summed E-state index contributed by atoms with van der Waals surface area (Å²) in [5.41, 5.74) is 5.96. The number of hydrogen-bond donors (Lipinski definition) is 2. The number of primary amides is 1. The summed E-state index contributed by atoms with van der Waals surface area (Å²) < 4.78 is 5.33. The summed E-state index contributed by atoms with van der Waals surface area (Å²) in [6, 6.07) is 7.03. The van der Waals surface area contributed by atoms with Gasteiger partial charge in [0.25, 0.3) is 0 Å². The molecule has 1 atom stereocenters. The van der Waals surface area contributed by atoms with E-state index in [0.717, 1.165) is 11.4 Å². The van der Waals surface area contributed by atoms with Gasteiger partial charge in [-0.3, -0.25) is 4.79 Å². The molecule has 4 nitrogen and oxygen atoms in total. The van der Waals surface area contributed by atoms with Crippen molar-refractivity contribution in [3.8, 4) is 5.75 Å². The van der Waals surface area contributed by atoms with Crippen molar-refractivity contribution in [1.29, 1.82) is 0 Å². The van der Waals surface area contributed by atoms with Crippen molar-refractivity contribution in [2.24, 2.45) is 5.73 Å². The molecule has 1 aliphatic heterocycles. The largest absolute Gasteiger partial charge is 0.489 e. The number of nitrogens with one attached hydrogen (secondary N) is 1. The van der Waals surface area contributed by atoms with Gasteiger partial charge < -0.3 is 15.8 Å². The van der Waals surface area contributed by atoms with E-state index in [4.69, 9.17) is 10.5 Å². The Labute approximate surface area is 75.7 Å². The standard InChI is InChI=1S/C9H10N2O2/c10-9(12)7-5-13-8-4-2-1-3-6(8)11-7/h1-4,7,11H,5H2,(H2,10,12). The van der Waals surface area contributed by atoms with Gasteiger partial charge in [0.2, 0.25) is 5.91 Å². The van der Waals surface area contributed by atoms with Crippen LogP contribution in [0.4, 0.5) is 5.69 Å². The fourth-order valence-corrected chi connectivity index (χ4v) is 1.27. The first-order valence-corrected chi connectivity index (χ1v) is 4.05. The predicted molar refractivity (Wildman–Crippen MR) is 48.5 cm³/mol. The SMILES string of the molecule is NC(=O)C1COc2ccccc2N1. The van der Waals surface area contributed by atoms with Crippen molar-refractivity contribution in [1.82, 2.24) is 0 Å². The van der Waals surface area contributed by atoms with Gasteiger partial charge >= 0.3 is 0 Å². The van der Waals surface area contributed by atoms with Crippen molar-refractivity contribution in [2.75, 3.05) is 11.9 Å². The summed E-state index contributed by atoms with van der Waals surface area (Å²) in [7, 11) is 0. The number of carbonyl (C=O) groups excluding carboxylic acids is 1. The number of para-hydroxylation sites is 2. The van der Waals surface area contributed by atoms with Crippen molar-refractivity contribution >= 4 is 11.6 Å². The molecule has 3 N–H and O–H groups in total. The Balaban J connectivity index is 2.24. The minimum Gasteiger partial charge on any atom is -0.489 e. The molecule has 0 aliphatic carbocycles. The molecular formula is C9H10N2O2. The zero-order valence-electron chi connectivity index (χ0n) is 6.99. The Morgan fingerprint density at radius 2 is 2.31 bits per heavy atom. The topological polar surface area (TPSA) is 64.4 Å². The highest BCUT2D eigenvalue weighted by molar-refractivity contribution is 5.84. The Kier molecular flexibility index (Phi) is 1.81. The predicted octanol–water partition coefficient (Wildman–Crippen LogP) is 0.345. The quantitative estimate of drug-likeness (QED) is 0.652. The van der Waals surface area contributed by atoms with Crippen LogP contribution in [-0.4, -0.2) is 18.6 Å². The third kappa shape index (κ3) is 1.42. The van der Waals surface area contributed by atoms with Crippen LogP contribution in [0.2, 0.25) is 0 Å². The highest BCUT2D eigenvalue weighted by atomic mass is 16.5. The first-order chi connectivity index (χ1) is 6.27. The molecule has 2 rings (SSSR count). The van der Waals surface area contributed by atoms with Gasteiger partial charge in [0.1, 0.15) is 18.4 Å². The lowest BCUT2D eigenvalue weighted by molar-refractivity contribution is -0.119. The molecule has 0 fully saturated rings.